The van der Waals surface area contributed by atoms with Gasteiger partial charge in [0.05, 0.1) is 0 Å². The average Bonchev–Trinajstić information content (AvgIpc) is 2.15. The van der Waals surface area contributed by atoms with Crippen LogP contribution in [0.25, 0.3) is 0 Å². The van der Waals surface area contributed by atoms with Gasteiger partial charge in [-0.3, -0.25) is 0 Å². The minimum atomic E-state index is 0.622. The second-order valence-electron chi connectivity index (χ2n) is 1.97. The molecule has 0 unspecified atom stereocenters. The van der Waals surface area contributed by atoms with E-state index in [4.69, 9.17) is 5.84 Å². The molecule has 1 aromatic heterocycles. The number of aromatic nitrogens is 2. The predicted octanol–water partition coefficient (Wildman–Crippen LogP) is 1.04. The molecule has 3 N–H and O–H groups in total. The first kappa shape index (κ1) is 9.02. The molecule has 0 aliphatic carbocycles. The third-order valence-electron chi connectivity index (χ3n) is 1.11. The average molecular weight is 182 g/mol. The second kappa shape index (κ2) is 4.74. The molecule has 4 nitrogen and oxygen atoms in total. The van der Waals surface area contributed by atoms with Gasteiger partial charge in [-0.25, -0.2) is 15.8 Å². The summed E-state index contributed by atoms with van der Waals surface area (Å²) in [6, 6.07) is 1.71. The SMILES string of the molecule is C=CCSc1nccc(NN)n1. The van der Waals surface area contributed by atoms with Crippen LogP contribution >= 0.6 is 11.8 Å². The number of nitrogens with two attached hydrogens (primary N) is 1. The Bertz CT molecular complexity index is 263. The van der Waals surface area contributed by atoms with Crippen LogP contribution in [0.3, 0.4) is 0 Å². The monoisotopic (exact) mass is 182 g/mol. The molecule has 0 radical (unpaired) electrons. The number of nitrogen functional groups attached to an aromatic ring is 1. The number of anilines is 1. The lowest BCUT2D eigenvalue weighted by atomic mass is 10.6. The minimum Gasteiger partial charge on any atom is -0.308 e. The van der Waals surface area contributed by atoms with Crippen LogP contribution in [0.5, 0.6) is 0 Å². The molecule has 0 aliphatic rings. The first-order chi connectivity index (χ1) is 5.86. The number of rotatable bonds is 4. The molecule has 1 aromatic rings. The molecule has 1 rings (SSSR count). The van der Waals surface area contributed by atoms with Crippen molar-refractivity contribution in [1.82, 2.24) is 9.97 Å². The fourth-order valence-corrected chi connectivity index (χ4v) is 1.19. The zero-order valence-corrected chi connectivity index (χ0v) is 7.34. The van der Waals surface area contributed by atoms with E-state index >= 15 is 0 Å². The summed E-state index contributed by atoms with van der Waals surface area (Å²) in [6.45, 7) is 3.60. The largest absolute Gasteiger partial charge is 0.308 e. The maximum absolute atomic E-state index is 5.18. The van der Waals surface area contributed by atoms with E-state index in [1.165, 1.54) is 11.8 Å². The Hall–Kier alpha value is -1.07. The van der Waals surface area contributed by atoms with Gasteiger partial charge < -0.3 is 5.43 Å². The van der Waals surface area contributed by atoms with Gasteiger partial charge in [-0.15, -0.1) is 6.58 Å². The van der Waals surface area contributed by atoms with Gasteiger partial charge in [0.1, 0.15) is 5.82 Å². The van der Waals surface area contributed by atoms with Gasteiger partial charge in [0.2, 0.25) is 0 Å². The first-order valence-corrected chi connectivity index (χ1v) is 4.38. The molecular weight excluding hydrogens is 172 g/mol. The van der Waals surface area contributed by atoms with Gasteiger partial charge in [-0.1, -0.05) is 17.8 Å². The zero-order valence-electron chi connectivity index (χ0n) is 6.53. The van der Waals surface area contributed by atoms with Crippen molar-refractivity contribution in [3.8, 4) is 0 Å². The van der Waals surface area contributed by atoms with Crippen molar-refractivity contribution in [2.24, 2.45) is 5.84 Å². The van der Waals surface area contributed by atoms with Crippen LogP contribution in [0.1, 0.15) is 0 Å². The van der Waals surface area contributed by atoms with Gasteiger partial charge in [-0.05, 0) is 0 Å². The van der Waals surface area contributed by atoms with Crippen molar-refractivity contribution in [2.75, 3.05) is 11.2 Å². The lowest BCUT2D eigenvalue weighted by Crippen LogP contribution is -2.08. The molecule has 0 aromatic carbocycles. The Labute approximate surface area is 75.3 Å². The van der Waals surface area contributed by atoms with Crippen molar-refractivity contribution in [3.63, 3.8) is 0 Å². The van der Waals surface area contributed by atoms with E-state index in [0.717, 1.165) is 5.75 Å². The second-order valence-corrected chi connectivity index (χ2v) is 2.96. The molecular formula is C7H10N4S. The highest BCUT2D eigenvalue weighted by Crippen LogP contribution is 2.13. The Morgan fingerprint density at radius 1 is 1.75 bits per heavy atom. The van der Waals surface area contributed by atoms with Crippen LogP contribution in [0, 0.1) is 0 Å². The standard InChI is InChI=1S/C7H10N4S/c1-2-5-12-7-9-4-3-6(10-7)11-8/h2-4H,1,5,8H2,(H,9,10,11). The number of nitrogens with one attached hydrogen (secondary N) is 1. The van der Waals surface area contributed by atoms with Gasteiger partial charge >= 0.3 is 0 Å². The van der Waals surface area contributed by atoms with E-state index in [2.05, 4.69) is 22.0 Å². The zero-order chi connectivity index (χ0) is 8.81. The van der Waals surface area contributed by atoms with Crippen molar-refractivity contribution < 1.29 is 0 Å². The summed E-state index contributed by atoms with van der Waals surface area (Å²) < 4.78 is 0. The molecule has 12 heavy (non-hydrogen) atoms. The van der Waals surface area contributed by atoms with Crippen LogP contribution in [-0.4, -0.2) is 15.7 Å². The van der Waals surface area contributed by atoms with Gasteiger partial charge in [0.25, 0.3) is 0 Å². The van der Waals surface area contributed by atoms with E-state index in [9.17, 15) is 0 Å². The summed E-state index contributed by atoms with van der Waals surface area (Å²) in [7, 11) is 0. The van der Waals surface area contributed by atoms with E-state index in [-0.39, 0.29) is 0 Å². The third-order valence-corrected chi connectivity index (χ3v) is 1.97. The van der Waals surface area contributed by atoms with Crippen molar-refractivity contribution in [2.45, 2.75) is 5.16 Å². The highest BCUT2D eigenvalue weighted by atomic mass is 32.2. The summed E-state index contributed by atoms with van der Waals surface area (Å²) in [6.07, 6.45) is 3.46. The topological polar surface area (TPSA) is 63.8 Å². The van der Waals surface area contributed by atoms with Gasteiger partial charge in [-0.2, -0.15) is 0 Å². The van der Waals surface area contributed by atoms with Crippen molar-refractivity contribution in [1.29, 1.82) is 0 Å². The van der Waals surface area contributed by atoms with Crippen LogP contribution in [-0.2, 0) is 0 Å². The first-order valence-electron chi connectivity index (χ1n) is 3.40. The number of thioether (sulfide) groups is 1. The molecule has 0 spiro atoms. The van der Waals surface area contributed by atoms with Gasteiger partial charge in [0.15, 0.2) is 5.16 Å². The molecule has 0 amide bonds. The number of nitrogens with zero attached hydrogens (tertiary/aromatic N) is 2. The van der Waals surface area contributed by atoms with E-state index in [1.807, 2.05) is 0 Å². The maximum Gasteiger partial charge on any atom is 0.189 e. The number of hydrogen-bond donors (Lipinski definition) is 2. The molecule has 64 valence electrons. The van der Waals surface area contributed by atoms with E-state index in [1.54, 1.807) is 18.3 Å². The van der Waals surface area contributed by atoms with Crippen molar-refractivity contribution >= 4 is 17.6 Å². The minimum absolute atomic E-state index is 0.622. The van der Waals surface area contributed by atoms with E-state index in [0.29, 0.717) is 11.0 Å². The van der Waals surface area contributed by atoms with E-state index < -0.39 is 0 Å². The summed E-state index contributed by atoms with van der Waals surface area (Å²) >= 11 is 1.51. The highest BCUT2D eigenvalue weighted by Gasteiger charge is 1.96. The molecule has 0 fully saturated rings. The smallest absolute Gasteiger partial charge is 0.189 e. The predicted molar refractivity (Wildman–Crippen MR) is 50.8 cm³/mol. The van der Waals surface area contributed by atoms with Crippen molar-refractivity contribution in [3.05, 3.63) is 24.9 Å². The summed E-state index contributed by atoms with van der Waals surface area (Å²) in [5.74, 6) is 6.60. The molecule has 0 saturated heterocycles. The van der Waals surface area contributed by atoms with Crippen LogP contribution in [0.4, 0.5) is 5.82 Å². The fourth-order valence-electron chi connectivity index (χ4n) is 0.624. The summed E-state index contributed by atoms with van der Waals surface area (Å²) in [5, 5.41) is 0.699. The highest BCUT2D eigenvalue weighted by molar-refractivity contribution is 7.99. The van der Waals surface area contributed by atoms with Crippen LogP contribution in [0.2, 0.25) is 0 Å². The molecule has 0 atom stereocenters. The third kappa shape index (κ3) is 2.52. The molecule has 1 heterocycles. The summed E-state index contributed by atoms with van der Waals surface area (Å²) in [5.41, 5.74) is 2.45. The van der Waals surface area contributed by atoms with Gasteiger partial charge in [0, 0.05) is 18.0 Å². The summed E-state index contributed by atoms with van der Waals surface area (Å²) in [4.78, 5) is 8.13. The lowest BCUT2D eigenvalue weighted by Gasteiger charge is -1.99. The quantitative estimate of drug-likeness (QED) is 0.239. The maximum atomic E-state index is 5.18. The lowest BCUT2D eigenvalue weighted by molar-refractivity contribution is 0.965. The molecule has 5 heteroatoms. The Kier molecular flexibility index (Phi) is 3.56. The molecule has 0 bridgehead atoms. The molecule has 0 saturated carbocycles. The normalized spacial score (nSPS) is 9.42. The fraction of sp³-hybridized carbons (Fsp3) is 0.143. The number of hydrogen-bond acceptors (Lipinski definition) is 5. The molecule has 0 aliphatic heterocycles. The van der Waals surface area contributed by atoms with Crippen LogP contribution < -0.4 is 11.3 Å². The Morgan fingerprint density at radius 3 is 3.25 bits per heavy atom. The number of hydrazine groups is 1. The Morgan fingerprint density at radius 2 is 2.58 bits per heavy atom. The van der Waals surface area contributed by atoms with Crippen LogP contribution in [0.15, 0.2) is 30.1 Å². The Balaban J connectivity index is 2.65.